The molecule has 3 nitrogen and oxygen atoms in total. The van der Waals surface area contributed by atoms with Gasteiger partial charge in [0.1, 0.15) is 17.3 Å². The minimum absolute atomic E-state index is 0.412. The van der Waals surface area contributed by atoms with E-state index in [-0.39, 0.29) is 0 Å². The average molecular weight is 214 g/mol. The monoisotopic (exact) mass is 214 g/mol. The van der Waals surface area contributed by atoms with Gasteiger partial charge in [-0.15, -0.1) is 0 Å². The highest BCUT2D eigenvalue weighted by Crippen LogP contribution is 2.17. The fraction of sp³-hybridized carbons (Fsp3) is 0.300. The highest BCUT2D eigenvalue weighted by molar-refractivity contribution is 5.94. The number of hydrogen-bond donors (Lipinski definition) is 2. The lowest BCUT2D eigenvalue weighted by Crippen LogP contribution is -2.35. The summed E-state index contributed by atoms with van der Waals surface area (Å²) in [6.45, 7) is 1.59. The minimum atomic E-state index is -0.786. The molecule has 0 spiro atoms. The fourth-order valence-corrected chi connectivity index (χ4v) is 0.980. The molecule has 0 aliphatic heterocycles. The first-order valence-corrected chi connectivity index (χ1v) is 4.48. The van der Waals surface area contributed by atoms with Gasteiger partial charge in [0.25, 0.3) is 0 Å². The van der Waals surface area contributed by atoms with E-state index in [1.807, 2.05) is 0 Å². The summed E-state index contributed by atoms with van der Waals surface area (Å²) >= 11 is 0. The number of benzene rings is 1. The third kappa shape index (κ3) is 2.73. The number of carbonyl (C=O) groups is 1. The molecule has 0 fully saturated rings. The van der Waals surface area contributed by atoms with Gasteiger partial charge in [0.05, 0.1) is 6.04 Å². The van der Waals surface area contributed by atoms with Crippen LogP contribution in [0.4, 0.5) is 14.5 Å². The summed E-state index contributed by atoms with van der Waals surface area (Å²) in [7, 11) is 1.59. The lowest BCUT2D eigenvalue weighted by Gasteiger charge is -2.11. The Morgan fingerprint density at radius 2 is 1.87 bits per heavy atom. The lowest BCUT2D eigenvalue weighted by molar-refractivity contribution is -0.117. The van der Waals surface area contributed by atoms with Crippen molar-refractivity contribution in [2.45, 2.75) is 13.0 Å². The van der Waals surface area contributed by atoms with Crippen molar-refractivity contribution in [3.8, 4) is 0 Å². The topological polar surface area (TPSA) is 41.1 Å². The maximum atomic E-state index is 13.1. The van der Waals surface area contributed by atoms with Crippen molar-refractivity contribution in [3.63, 3.8) is 0 Å². The van der Waals surface area contributed by atoms with E-state index in [1.54, 1.807) is 14.0 Å². The molecule has 0 aliphatic rings. The van der Waals surface area contributed by atoms with Crippen LogP contribution in [0.5, 0.6) is 0 Å². The average Bonchev–Trinajstić information content (AvgIpc) is 2.22. The van der Waals surface area contributed by atoms with Gasteiger partial charge in [0.2, 0.25) is 5.91 Å². The van der Waals surface area contributed by atoms with Crippen LogP contribution in [0.2, 0.25) is 0 Å². The van der Waals surface area contributed by atoms with Gasteiger partial charge in [-0.2, -0.15) is 0 Å². The highest BCUT2D eigenvalue weighted by atomic mass is 19.1. The summed E-state index contributed by atoms with van der Waals surface area (Å²) < 4.78 is 26.2. The van der Waals surface area contributed by atoms with Crippen molar-refractivity contribution in [2.75, 3.05) is 12.4 Å². The lowest BCUT2D eigenvalue weighted by atomic mass is 10.2. The first kappa shape index (κ1) is 11.6. The van der Waals surface area contributed by atoms with Gasteiger partial charge in [-0.05, 0) is 26.1 Å². The Labute approximate surface area is 86.5 Å². The van der Waals surface area contributed by atoms with Gasteiger partial charge in [0.15, 0.2) is 0 Å². The molecule has 1 atom stereocenters. The van der Waals surface area contributed by atoms with E-state index in [2.05, 4.69) is 10.6 Å². The quantitative estimate of drug-likeness (QED) is 0.800. The molecule has 0 aromatic heterocycles. The Morgan fingerprint density at radius 3 is 2.33 bits per heavy atom. The Hall–Kier alpha value is -1.49. The summed E-state index contributed by atoms with van der Waals surface area (Å²) in [5.41, 5.74) is -0.412. The molecular weight excluding hydrogens is 202 g/mol. The summed E-state index contributed by atoms with van der Waals surface area (Å²) in [5, 5.41) is 4.84. The number of carbonyl (C=O) groups excluding carboxylic acids is 1. The number of nitrogens with one attached hydrogen (secondary N) is 2. The van der Waals surface area contributed by atoms with Crippen LogP contribution in [0.1, 0.15) is 6.92 Å². The maximum Gasteiger partial charge on any atom is 0.241 e. The molecule has 0 heterocycles. The van der Waals surface area contributed by atoms with Gasteiger partial charge < -0.3 is 10.6 Å². The molecule has 1 amide bonds. The standard InChI is InChI=1S/C10H12F2N2O/c1-6(13-2)10(15)14-9-7(11)4-3-5-8(9)12/h3-6,13H,1-2H3,(H,14,15). The van der Waals surface area contributed by atoms with E-state index < -0.39 is 29.3 Å². The van der Waals surface area contributed by atoms with Crippen LogP contribution >= 0.6 is 0 Å². The number of halogens is 2. The third-order valence-corrected chi connectivity index (χ3v) is 2.04. The van der Waals surface area contributed by atoms with Crippen molar-refractivity contribution in [2.24, 2.45) is 0 Å². The Balaban J connectivity index is 2.85. The van der Waals surface area contributed by atoms with Crippen LogP contribution < -0.4 is 10.6 Å². The molecule has 82 valence electrons. The fourth-order valence-electron chi connectivity index (χ4n) is 0.980. The minimum Gasteiger partial charge on any atom is -0.320 e. The zero-order valence-corrected chi connectivity index (χ0v) is 8.47. The van der Waals surface area contributed by atoms with Gasteiger partial charge in [-0.25, -0.2) is 8.78 Å². The smallest absolute Gasteiger partial charge is 0.241 e. The third-order valence-electron chi connectivity index (χ3n) is 2.04. The summed E-state index contributed by atoms with van der Waals surface area (Å²) in [5.74, 6) is -2.06. The van der Waals surface area contributed by atoms with Gasteiger partial charge in [-0.3, -0.25) is 4.79 Å². The molecule has 0 bridgehead atoms. The van der Waals surface area contributed by atoms with Crippen molar-refractivity contribution < 1.29 is 13.6 Å². The van der Waals surface area contributed by atoms with Crippen LogP contribution in [0.25, 0.3) is 0 Å². The predicted octanol–water partition coefficient (Wildman–Crippen LogP) is 1.51. The maximum absolute atomic E-state index is 13.1. The van der Waals surface area contributed by atoms with Gasteiger partial charge >= 0.3 is 0 Å². The second-order valence-corrected chi connectivity index (χ2v) is 3.10. The number of hydrogen-bond acceptors (Lipinski definition) is 2. The molecule has 2 N–H and O–H groups in total. The van der Waals surface area contributed by atoms with Gasteiger partial charge in [-0.1, -0.05) is 6.07 Å². The van der Waals surface area contributed by atoms with Crippen molar-refractivity contribution in [3.05, 3.63) is 29.8 Å². The van der Waals surface area contributed by atoms with Gasteiger partial charge in [0, 0.05) is 0 Å². The van der Waals surface area contributed by atoms with Crippen LogP contribution in [0.3, 0.4) is 0 Å². The van der Waals surface area contributed by atoms with E-state index in [1.165, 1.54) is 6.07 Å². The molecule has 1 rings (SSSR count). The number of rotatable bonds is 3. The summed E-state index contributed by atoms with van der Waals surface area (Å²) in [6, 6.07) is 2.90. The summed E-state index contributed by atoms with van der Waals surface area (Å²) in [4.78, 5) is 11.3. The van der Waals surface area contributed by atoms with Crippen LogP contribution in [-0.2, 0) is 4.79 Å². The first-order valence-electron chi connectivity index (χ1n) is 4.48. The van der Waals surface area contributed by atoms with Crippen molar-refractivity contribution in [1.82, 2.24) is 5.32 Å². The summed E-state index contributed by atoms with van der Waals surface area (Å²) in [6.07, 6.45) is 0. The van der Waals surface area contributed by atoms with E-state index in [4.69, 9.17) is 0 Å². The molecular formula is C10H12F2N2O. The zero-order chi connectivity index (χ0) is 11.4. The number of amides is 1. The SMILES string of the molecule is CNC(C)C(=O)Nc1c(F)cccc1F. The number of para-hydroxylation sites is 1. The Morgan fingerprint density at radius 1 is 1.33 bits per heavy atom. The van der Waals surface area contributed by atoms with E-state index in [0.29, 0.717) is 0 Å². The van der Waals surface area contributed by atoms with E-state index in [9.17, 15) is 13.6 Å². The predicted molar refractivity (Wildman–Crippen MR) is 53.5 cm³/mol. The Bertz CT molecular complexity index is 348. The zero-order valence-electron chi connectivity index (χ0n) is 8.47. The Kier molecular flexibility index (Phi) is 3.74. The second-order valence-electron chi connectivity index (χ2n) is 3.10. The molecule has 0 saturated carbocycles. The van der Waals surface area contributed by atoms with Crippen molar-refractivity contribution >= 4 is 11.6 Å². The molecule has 1 unspecified atom stereocenters. The normalized spacial score (nSPS) is 12.3. The van der Waals surface area contributed by atoms with Crippen LogP contribution in [-0.4, -0.2) is 19.0 Å². The molecule has 1 aromatic carbocycles. The molecule has 0 aliphatic carbocycles. The van der Waals surface area contributed by atoms with Crippen LogP contribution in [0.15, 0.2) is 18.2 Å². The molecule has 0 saturated heterocycles. The van der Waals surface area contributed by atoms with Crippen LogP contribution in [0, 0.1) is 11.6 Å². The molecule has 15 heavy (non-hydrogen) atoms. The number of anilines is 1. The highest BCUT2D eigenvalue weighted by Gasteiger charge is 2.15. The molecule has 5 heteroatoms. The second kappa shape index (κ2) is 4.84. The first-order chi connectivity index (χ1) is 7.06. The van der Waals surface area contributed by atoms with E-state index in [0.717, 1.165) is 12.1 Å². The molecule has 1 aromatic rings. The van der Waals surface area contributed by atoms with Crippen molar-refractivity contribution in [1.29, 1.82) is 0 Å². The molecule has 0 radical (unpaired) electrons. The number of likely N-dealkylation sites (N-methyl/N-ethyl adjacent to an activating group) is 1. The van der Waals surface area contributed by atoms with E-state index >= 15 is 0 Å². The largest absolute Gasteiger partial charge is 0.320 e.